The summed E-state index contributed by atoms with van der Waals surface area (Å²) in [6, 6.07) is 0.854. The van der Waals surface area contributed by atoms with Crippen LogP contribution in [0.3, 0.4) is 0 Å². The average Bonchev–Trinajstić information content (AvgIpc) is 1.72. The van der Waals surface area contributed by atoms with Crippen LogP contribution >= 0.6 is 0 Å². The van der Waals surface area contributed by atoms with E-state index in [1.54, 1.807) is 30.7 Å². The van der Waals surface area contributed by atoms with E-state index < -0.39 is 93.7 Å². The van der Waals surface area contributed by atoms with Gasteiger partial charge in [0.1, 0.15) is 6.04 Å². The number of hydrogen-bond donors (Lipinski definition) is 5. The predicted molar refractivity (Wildman–Crippen MR) is 335 cm³/mol. The van der Waals surface area contributed by atoms with Crippen molar-refractivity contribution in [3.63, 3.8) is 0 Å². The molecule has 27 heteroatoms. The molecule has 0 spiro atoms. The molecular weight excluding hydrogens is 1190 g/mol. The standard InChI is InChI=1S/C63H103N9O17S/c1-15-42(8)58(70(12)62(81)46(39(2)3)37-50(74)57(41(6)7)69(10)11)51(85-13)38-55(78)71-28-17-19-48(71)59(86-14)43(9)60(79)68-90(83,84)45-22-20-44(21-23-45)36-49(73)47(18-16-27-65-63(64)82)66-61(80)56(40(4)5)67-52(75)26-30-87-32-34-89-35-33-88-31-29-72-53(76)24-25-54(72)77/h20-25,39-43,46-48,51,56-59H,15-19,26-38H2,1-14H3,(H,66,80)(H,67,75)(H,68,79)(H3,64,65,82)/t42?,43-,46+,47+,48+,51-,56+,57+,58+,59-/m1/s1. The summed E-state index contributed by atoms with van der Waals surface area (Å²) >= 11 is 0. The number of Topliss-reactive ketones (excluding diaryl/α,β-unsaturated/α-hetero) is 2. The van der Waals surface area contributed by atoms with Gasteiger partial charge in [-0.05, 0) is 81.1 Å². The first kappa shape index (κ1) is 78.0. The van der Waals surface area contributed by atoms with Gasteiger partial charge in [-0.2, -0.15) is 0 Å². The van der Waals surface area contributed by atoms with Gasteiger partial charge in [0.2, 0.25) is 29.5 Å². The number of ether oxygens (including phenoxy) is 5. The number of carbonyl (C=O) groups is 10. The normalized spacial score (nSPS) is 17.4. The summed E-state index contributed by atoms with van der Waals surface area (Å²) in [4.78, 5) is 138. The number of ketones is 2. The maximum Gasteiger partial charge on any atom is 0.312 e. The monoisotopic (exact) mass is 1290 g/mol. The van der Waals surface area contributed by atoms with Crippen molar-refractivity contribution in [2.75, 3.05) is 94.6 Å². The molecule has 9 amide bonds. The lowest BCUT2D eigenvalue weighted by atomic mass is 9.83. The number of benzene rings is 1. The molecule has 1 aromatic rings. The molecule has 0 aliphatic carbocycles. The Labute approximate surface area is 532 Å². The van der Waals surface area contributed by atoms with E-state index in [0.717, 1.165) is 4.90 Å². The fourth-order valence-electron chi connectivity index (χ4n) is 11.6. The summed E-state index contributed by atoms with van der Waals surface area (Å²) < 4.78 is 58.1. The molecule has 0 bridgehead atoms. The van der Waals surface area contributed by atoms with Crippen LogP contribution in [0.2, 0.25) is 0 Å². The number of methoxy groups -OCH3 is 2. The van der Waals surface area contributed by atoms with E-state index in [1.807, 2.05) is 60.5 Å². The quantitative estimate of drug-likeness (QED) is 0.0464. The van der Waals surface area contributed by atoms with E-state index in [2.05, 4.69) is 20.7 Å². The molecule has 2 aliphatic heterocycles. The van der Waals surface area contributed by atoms with Crippen LogP contribution < -0.4 is 26.4 Å². The third kappa shape index (κ3) is 24.1. The zero-order valence-corrected chi connectivity index (χ0v) is 56.2. The number of nitrogens with zero attached hydrogens (tertiary/aromatic N) is 4. The third-order valence-electron chi connectivity index (χ3n) is 16.7. The summed E-state index contributed by atoms with van der Waals surface area (Å²) in [6.45, 7) is 18.4. The Hall–Kier alpha value is -6.23. The van der Waals surface area contributed by atoms with Crippen LogP contribution in [0.15, 0.2) is 41.3 Å². The maximum atomic E-state index is 14.5. The second-order valence-corrected chi connectivity index (χ2v) is 26.2. The van der Waals surface area contributed by atoms with E-state index in [0.29, 0.717) is 31.4 Å². The van der Waals surface area contributed by atoms with Gasteiger partial charge in [-0.3, -0.25) is 53.0 Å². The number of imide groups is 1. The van der Waals surface area contributed by atoms with E-state index in [-0.39, 0.29) is 149 Å². The molecule has 1 fully saturated rings. The van der Waals surface area contributed by atoms with E-state index in [9.17, 15) is 56.4 Å². The summed E-state index contributed by atoms with van der Waals surface area (Å²) in [5.41, 5.74) is 5.62. The smallest absolute Gasteiger partial charge is 0.312 e. The van der Waals surface area contributed by atoms with Crippen LogP contribution in [0, 0.1) is 35.5 Å². The van der Waals surface area contributed by atoms with Crippen LogP contribution in [0.1, 0.15) is 119 Å². The summed E-state index contributed by atoms with van der Waals surface area (Å²) in [6.07, 6.45) is 2.37. The zero-order valence-electron chi connectivity index (χ0n) is 55.4. The number of carbonyl (C=O) groups excluding carboxylic acids is 10. The minimum absolute atomic E-state index is 0.0147. The number of likely N-dealkylation sites (N-methyl/N-ethyl adjacent to an activating group) is 2. The molecule has 508 valence electrons. The molecule has 2 aliphatic rings. The van der Waals surface area contributed by atoms with Gasteiger partial charge in [0.25, 0.3) is 21.8 Å². The highest BCUT2D eigenvalue weighted by Gasteiger charge is 2.44. The van der Waals surface area contributed by atoms with Gasteiger partial charge in [0, 0.05) is 71.7 Å². The number of rotatable bonds is 43. The Morgan fingerprint density at radius 2 is 1.34 bits per heavy atom. The molecule has 3 rings (SSSR count). The Kier molecular flexibility index (Phi) is 33.4. The minimum Gasteiger partial charge on any atom is -0.379 e. The summed E-state index contributed by atoms with van der Waals surface area (Å²) in [5, 5.41) is 7.92. The highest BCUT2D eigenvalue weighted by atomic mass is 32.2. The number of nitrogens with one attached hydrogen (secondary N) is 4. The second-order valence-electron chi connectivity index (χ2n) is 24.6. The fraction of sp³-hybridized carbons (Fsp3) is 0.714. The molecular formula is C63H103N9O17S. The molecule has 0 radical (unpaired) electrons. The molecule has 0 aromatic heterocycles. The van der Waals surface area contributed by atoms with Crippen molar-refractivity contribution in [1.82, 2.24) is 40.3 Å². The van der Waals surface area contributed by atoms with Gasteiger partial charge in [-0.25, -0.2) is 17.9 Å². The molecule has 90 heavy (non-hydrogen) atoms. The number of hydrogen-bond acceptors (Lipinski definition) is 18. The molecule has 2 heterocycles. The molecule has 1 saturated heterocycles. The van der Waals surface area contributed by atoms with Crippen LogP contribution in [0.4, 0.5) is 4.79 Å². The van der Waals surface area contributed by atoms with Crippen molar-refractivity contribution in [2.24, 2.45) is 41.2 Å². The van der Waals surface area contributed by atoms with E-state index in [1.165, 1.54) is 57.6 Å². The van der Waals surface area contributed by atoms with Gasteiger partial charge in [-0.1, -0.05) is 80.9 Å². The van der Waals surface area contributed by atoms with Gasteiger partial charge in [0.15, 0.2) is 11.6 Å². The number of nitrogens with two attached hydrogens (primary N) is 1. The van der Waals surface area contributed by atoms with E-state index in [4.69, 9.17) is 29.4 Å². The number of sulfonamides is 1. The lowest BCUT2D eigenvalue weighted by Crippen LogP contribution is -2.54. The predicted octanol–water partition coefficient (Wildman–Crippen LogP) is 2.78. The lowest BCUT2D eigenvalue weighted by Gasteiger charge is -2.41. The van der Waals surface area contributed by atoms with Crippen molar-refractivity contribution < 1.29 is 80.0 Å². The maximum absolute atomic E-state index is 14.5. The topological polar surface area (TPSA) is 338 Å². The second kappa shape index (κ2) is 38.6. The Balaban J connectivity index is 1.64. The highest BCUT2D eigenvalue weighted by Crippen LogP contribution is 2.31. The van der Waals surface area contributed by atoms with E-state index >= 15 is 0 Å². The van der Waals surface area contributed by atoms with Crippen LogP contribution in [0.5, 0.6) is 0 Å². The van der Waals surface area contributed by atoms with Crippen molar-refractivity contribution in [1.29, 1.82) is 0 Å². The summed E-state index contributed by atoms with van der Waals surface area (Å²) in [7, 11) is 3.82. The highest BCUT2D eigenvalue weighted by molar-refractivity contribution is 7.90. The average molecular weight is 1290 g/mol. The Morgan fingerprint density at radius 1 is 0.744 bits per heavy atom. The number of urea groups is 1. The molecule has 10 atom stereocenters. The first-order valence-electron chi connectivity index (χ1n) is 31.3. The van der Waals surface area contributed by atoms with Gasteiger partial charge >= 0.3 is 6.03 Å². The molecule has 1 unspecified atom stereocenters. The molecule has 1 aromatic carbocycles. The third-order valence-corrected chi connectivity index (χ3v) is 18.0. The van der Waals surface area contributed by atoms with Crippen molar-refractivity contribution >= 4 is 69.0 Å². The molecule has 6 N–H and O–H groups in total. The number of amides is 9. The largest absolute Gasteiger partial charge is 0.379 e. The zero-order chi connectivity index (χ0) is 67.6. The first-order valence-corrected chi connectivity index (χ1v) is 32.8. The summed E-state index contributed by atoms with van der Waals surface area (Å²) in [5.74, 6) is -6.04. The minimum atomic E-state index is -4.49. The van der Waals surface area contributed by atoms with Gasteiger partial charge < -0.3 is 55.2 Å². The van der Waals surface area contributed by atoms with Crippen LogP contribution in [-0.2, 0) is 83.3 Å². The number of primary amides is 1. The van der Waals surface area contributed by atoms with Crippen molar-refractivity contribution in [2.45, 2.75) is 167 Å². The van der Waals surface area contributed by atoms with Crippen LogP contribution in [0.25, 0.3) is 0 Å². The van der Waals surface area contributed by atoms with Gasteiger partial charge in [-0.15, -0.1) is 0 Å². The number of likely N-dealkylation sites (tertiary alicyclic amines) is 1. The lowest BCUT2D eigenvalue weighted by molar-refractivity contribution is -0.149. The van der Waals surface area contributed by atoms with Crippen molar-refractivity contribution in [3.05, 3.63) is 42.0 Å². The fourth-order valence-corrected chi connectivity index (χ4v) is 12.6. The Bertz CT molecular complexity index is 2660. The van der Waals surface area contributed by atoms with Gasteiger partial charge in [0.05, 0.1) is 99.8 Å². The molecule has 26 nitrogen and oxygen atoms in total. The SMILES string of the molecule is CCC(C)[C@@H]([C@@H](CC(=O)N1CCC[C@H]1[C@H](OC)[C@@H](C)C(=O)NS(=O)(=O)c1ccc(CC(=O)[C@H](CCCNC(N)=O)NC(=O)[C@@H](NC(=O)CCOCCOCCOCCN2C(=O)C=CC2=O)C(C)C)cc1)OC)N(C)C(=O)[C@@H](CC(=O)[C@H](C(C)C)N(C)C)C(C)C. The van der Waals surface area contributed by atoms with Crippen molar-refractivity contribution in [3.8, 4) is 0 Å². The Morgan fingerprint density at radius 3 is 1.88 bits per heavy atom. The molecule has 0 saturated carbocycles. The van der Waals surface area contributed by atoms with Crippen LogP contribution in [-0.4, -0.2) is 224 Å². The first-order chi connectivity index (χ1) is 42.4.